The molecule has 0 fully saturated rings. The number of nitriles is 1. The van der Waals surface area contributed by atoms with Crippen molar-refractivity contribution in [1.29, 1.82) is 5.26 Å². The summed E-state index contributed by atoms with van der Waals surface area (Å²) in [5, 5.41) is 9.70. The van der Waals surface area contributed by atoms with Gasteiger partial charge in [-0.15, -0.1) is 0 Å². The zero-order valence-corrected chi connectivity index (χ0v) is 15.2. The number of hydrogen-bond donors (Lipinski definition) is 1. The first-order valence-corrected chi connectivity index (χ1v) is 8.74. The number of halogens is 1. The molecule has 0 saturated heterocycles. The summed E-state index contributed by atoms with van der Waals surface area (Å²) in [7, 11) is 0. The zero-order valence-electron chi connectivity index (χ0n) is 13.6. The fourth-order valence-electron chi connectivity index (χ4n) is 3.32. The number of allylic oxidation sites excluding steroid dienone is 2. The van der Waals surface area contributed by atoms with Gasteiger partial charge in [0, 0.05) is 15.6 Å². The van der Waals surface area contributed by atoms with Crippen LogP contribution in [-0.4, -0.2) is 6.10 Å². The number of aryl methyl sites for hydroxylation is 1. The van der Waals surface area contributed by atoms with Crippen LogP contribution in [0.25, 0.3) is 17.2 Å². The van der Waals surface area contributed by atoms with Crippen molar-refractivity contribution >= 4 is 33.2 Å². The second kappa shape index (κ2) is 5.94. The van der Waals surface area contributed by atoms with Crippen molar-refractivity contribution < 1.29 is 4.74 Å². The Kier molecular flexibility index (Phi) is 3.74. The average Bonchev–Trinajstić information content (AvgIpc) is 2.61. The van der Waals surface area contributed by atoms with Crippen LogP contribution < -0.4 is 5.73 Å². The topological polar surface area (TPSA) is 59.0 Å². The molecule has 1 aliphatic carbocycles. The Labute approximate surface area is 154 Å². The van der Waals surface area contributed by atoms with Gasteiger partial charge >= 0.3 is 0 Å². The summed E-state index contributed by atoms with van der Waals surface area (Å²) in [5.74, 6) is 0.178. The van der Waals surface area contributed by atoms with E-state index in [4.69, 9.17) is 10.5 Å². The maximum atomic E-state index is 9.70. The van der Waals surface area contributed by atoms with E-state index in [9.17, 15) is 5.26 Å². The molecule has 1 aliphatic heterocycles. The molecule has 4 rings (SSSR count). The van der Waals surface area contributed by atoms with E-state index in [2.05, 4.69) is 34.1 Å². The predicted molar refractivity (Wildman–Crippen MR) is 103 cm³/mol. The fourth-order valence-corrected chi connectivity index (χ4v) is 3.70. The van der Waals surface area contributed by atoms with Gasteiger partial charge in [-0.2, -0.15) is 5.26 Å². The highest BCUT2D eigenvalue weighted by Crippen LogP contribution is 2.44. The molecule has 2 aliphatic rings. The molecule has 0 radical (unpaired) electrons. The maximum Gasteiger partial charge on any atom is 0.204 e. The predicted octanol–water partition coefficient (Wildman–Crippen LogP) is 4.79. The zero-order chi connectivity index (χ0) is 17.6. The lowest BCUT2D eigenvalue weighted by atomic mass is 9.81. The van der Waals surface area contributed by atoms with Crippen molar-refractivity contribution in [1.82, 2.24) is 0 Å². The molecule has 2 N–H and O–H groups in total. The second-order valence-electron chi connectivity index (χ2n) is 6.13. The molecule has 4 heteroatoms. The van der Waals surface area contributed by atoms with E-state index in [-0.39, 0.29) is 12.0 Å². The molecule has 0 spiro atoms. The van der Waals surface area contributed by atoms with E-state index in [1.54, 1.807) is 0 Å². The molecule has 1 atom stereocenters. The minimum Gasteiger partial charge on any atom is -0.466 e. The average molecular weight is 391 g/mol. The third kappa shape index (κ3) is 2.57. The van der Waals surface area contributed by atoms with Crippen LogP contribution in [0.1, 0.15) is 22.3 Å². The molecule has 0 bridgehead atoms. The Morgan fingerprint density at radius 2 is 1.92 bits per heavy atom. The summed E-state index contributed by atoms with van der Waals surface area (Å²) in [6.45, 7) is 2.04. The van der Waals surface area contributed by atoms with Crippen molar-refractivity contribution in [2.75, 3.05) is 0 Å². The van der Waals surface area contributed by atoms with Gasteiger partial charge in [-0.1, -0.05) is 57.9 Å². The molecule has 2 aromatic rings. The van der Waals surface area contributed by atoms with Crippen LogP contribution in [-0.2, 0) is 4.74 Å². The van der Waals surface area contributed by atoms with Crippen LogP contribution in [0.5, 0.6) is 0 Å². The molecular weight excluding hydrogens is 376 g/mol. The Hall–Kier alpha value is -2.77. The normalized spacial score (nSPS) is 18.4. The van der Waals surface area contributed by atoms with E-state index in [0.29, 0.717) is 5.57 Å². The van der Waals surface area contributed by atoms with Gasteiger partial charge in [0.15, 0.2) is 0 Å². The molecule has 0 amide bonds. The fraction of sp³-hybridized carbons (Fsp3) is 0.0952. The van der Waals surface area contributed by atoms with E-state index in [0.717, 1.165) is 32.3 Å². The van der Waals surface area contributed by atoms with Gasteiger partial charge in [-0.25, -0.2) is 0 Å². The standard InChI is InChI=1S/C21H15BrN2O/c1-12-2-4-13(5-3-12)19-17(11-23)21(24)25-18-9-6-14-10-15(22)7-8-16(14)20(18)19/h2-10,18H,24H2,1H3. The van der Waals surface area contributed by atoms with Gasteiger partial charge in [0.2, 0.25) is 5.88 Å². The number of ether oxygens (including phenoxy) is 1. The van der Waals surface area contributed by atoms with Crippen LogP contribution in [0, 0.1) is 18.3 Å². The van der Waals surface area contributed by atoms with Gasteiger partial charge in [0.25, 0.3) is 0 Å². The first kappa shape index (κ1) is 15.7. The van der Waals surface area contributed by atoms with Crippen molar-refractivity contribution in [2.24, 2.45) is 5.73 Å². The van der Waals surface area contributed by atoms with Crippen LogP contribution in [0.2, 0.25) is 0 Å². The first-order chi connectivity index (χ1) is 12.1. The third-order valence-corrected chi connectivity index (χ3v) is 5.00. The van der Waals surface area contributed by atoms with Gasteiger partial charge in [0.05, 0.1) is 0 Å². The monoisotopic (exact) mass is 390 g/mol. The summed E-state index contributed by atoms with van der Waals surface area (Å²) >= 11 is 3.52. The minimum absolute atomic E-state index is 0.178. The van der Waals surface area contributed by atoms with Gasteiger partial charge in [-0.05, 0) is 41.8 Å². The summed E-state index contributed by atoms with van der Waals surface area (Å²) in [5.41, 5.74) is 12.6. The number of nitrogens with two attached hydrogens (primary N) is 1. The van der Waals surface area contributed by atoms with E-state index in [1.807, 2.05) is 49.4 Å². The van der Waals surface area contributed by atoms with Crippen molar-refractivity contribution in [3.05, 3.63) is 86.7 Å². The largest absolute Gasteiger partial charge is 0.466 e. The number of benzene rings is 2. The van der Waals surface area contributed by atoms with E-state index in [1.165, 1.54) is 5.56 Å². The van der Waals surface area contributed by atoms with Crippen LogP contribution in [0.3, 0.4) is 0 Å². The molecule has 122 valence electrons. The number of hydrogen-bond acceptors (Lipinski definition) is 3. The summed E-state index contributed by atoms with van der Waals surface area (Å²) in [6, 6.07) is 16.5. The second-order valence-corrected chi connectivity index (χ2v) is 7.05. The Balaban J connectivity index is 2.05. The molecule has 1 heterocycles. The lowest BCUT2D eigenvalue weighted by Gasteiger charge is -2.31. The third-order valence-electron chi connectivity index (χ3n) is 4.51. The molecule has 1 unspecified atom stereocenters. The first-order valence-electron chi connectivity index (χ1n) is 7.94. The van der Waals surface area contributed by atoms with Crippen molar-refractivity contribution in [2.45, 2.75) is 13.0 Å². The molecule has 0 aromatic heterocycles. The Morgan fingerprint density at radius 1 is 1.16 bits per heavy atom. The van der Waals surface area contributed by atoms with Gasteiger partial charge < -0.3 is 10.5 Å². The Bertz CT molecular complexity index is 1010. The minimum atomic E-state index is -0.290. The van der Waals surface area contributed by atoms with E-state index < -0.39 is 0 Å². The lowest BCUT2D eigenvalue weighted by Crippen LogP contribution is -2.25. The highest BCUT2D eigenvalue weighted by molar-refractivity contribution is 9.10. The smallest absolute Gasteiger partial charge is 0.204 e. The molecule has 2 aromatic carbocycles. The molecule has 3 nitrogen and oxygen atoms in total. The van der Waals surface area contributed by atoms with Gasteiger partial charge in [0.1, 0.15) is 17.7 Å². The van der Waals surface area contributed by atoms with Crippen LogP contribution in [0.4, 0.5) is 0 Å². The molecular formula is C21H15BrN2O. The SMILES string of the molecule is Cc1ccc(C2=C3c4ccc(Br)cc4C=CC3OC(N)=C2C#N)cc1. The van der Waals surface area contributed by atoms with Crippen molar-refractivity contribution in [3.8, 4) is 6.07 Å². The quantitative estimate of drug-likeness (QED) is 0.761. The van der Waals surface area contributed by atoms with Crippen LogP contribution >= 0.6 is 15.9 Å². The van der Waals surface area contributed by atoms with Crippen LogP contribution in [0.15, 0.2) is 64.5 Å². The molecule has 25 heavy (non-hydrogen) atoms. The molecule has 0 saturated carbocycles. The highest BCUT2D eigenvalue weighted by Gasteiger charge is 2.33. The lowest BCUT2D eigenvalue weighted by molar-refractivity contribution is 0.191. The maximum absolute atomic E-state index is 9.70. The number of nitrogens with zero attached hydrogens (tertiary/aromatic N) is 1. The summed E-state index contributed by atoms with van der Waals surface area (Å²) in [6.07, 6.45) is 3.73. The van der Waals surface area contributed by atoms with Gasteiger partial charge in [-0.3, -0.25) is 0 Å². The Morgan fingerprint density at radius 3 is 2.64 bits per heavy atom. The van der Waals surface area contributed by atoms with Crippen molar-refractivity contribution in [3.63, 3.8) is 0 Å². The van der Waals surface area contributed by atoms with E-state index >= 15 is 0 Å². The summed E-state index contributed by atoms with van der Waals surface area (Å²) in [4.78, 5) is 0. The highest BCUT2D eigenvalue weighted by atomic mass is 79.9. The number of fused-ring (bicyclic) bond motifs is 3. The number of rotatable bonds is 1. The summed E-state index contributed by atoms with van der Waals surface area (Å²) < 4.78 is 6.85.